The van der Waals surface area contributed by atoms with Crippen LogP contribution >= 0.6 is 0 Å². The number of halogens is 2. The van der Waals surface area contributed by atoms with Crippen LogP contribution in [-0.4, -0.2) is 34.5 Å². The Morgan fingerprint density at radius 1 is 1.23 bits per heavy atom. The highest BCUT2D eigenvalue weighted by Crippen LogP contribution is 2.39. The number of nitrogens with one attached hydrogen (secondary N) is 2. The van der Waals surface area contributed by atoms with Gasteiger partial charge in [-0.05, 0) is 49.6 Å². The van der Waals surface area contributed by atoms with Crippen LogP contribution in [0.1, 0.15) is 36.9 Å². The van der Waals surface area contributed by atoms with E-state index in [1.165, 1.54) is 0 Å². The molecule has 0 saturated heterocycles. The lowest BCUT2D eigenvalue weighted by molar-refractivity contribution is -0.0891. The van der Waals surface area contributed by atoms with Gasteiger partial charge in [0.2, 0.25) is 0 Å². The Kier molecular flexibility index (Phi) is 5.91. The Balaban J connectivity index is 1.58. The number of rotatable bonds is 8. The topological polar surface area (TPSA) is 79.1 Å². The molecule has 164 valence electrons. The van der Waals surface area contributed by atoms with Gasteiger partial charge in [-0.3, -0.25) is 0 Å². The fourth-order valence-corrected chi connectivity index (χ4v) is 4.22. The summed E-state index contributed by atoms with van der Waals surface area (Å²) in [4.78, 5) is 11.2. The molecular weight excluding hydrogens is 398 g/mol. The van der Waals surface area contributed by atoms with Gasteiger partial charge in [-0.15, -0.1) is 0 Å². The van der Waals surface area contributed by atoms with Crippen LogP contribution in [0.15, 0.2) is 55.5 Å². The zero-order chi connectivity index (χ0) is 22.0. The average molecular weight is 427 g/mol. The number of fused-ring (bicyclic) bond motifs is 1. The Hall–Kier alpha value is -3.00. The number of hydrogen-bond donors (Lipinski definition) is 3. The van der Waals surface area contributed by atoms with E-state index in [0.717, 1.165) is 30.6 Å². The highest BCUT2D eigenvalue weighted by atomic mass is 19.3. The summed E-state index contributed by atoms with van der Waals surface area (Å²) in [6.07, 6.45) is 3.98. The SMILES string of the molecule is C=C(NC1CC(F)(F)C1)c1ccc2c(n1)N(C(=C)Nc1ccccn1)[C@@H](CCN)CC2. The van der Waals surface area contributed by atoms with Gasteiger partial charge in [0, 0.05) is 31.1 Å². The van der Waals surface area contributed by atoms with E-state index in [1.54, 1.807) is 6.20 Å². The number of aryl methyl sites for hydroxylation is 1. The molecule has 2 aromatic rings. The van der Waals surface area contributed by atoms with Crippen molar-refractivity contribution in [3.05, 3.63) is 66.8 Å². The third-order valence-electron chi connectivity index (χ3n) is 5.80. The van der Waals surface area contributed by atoms with Crippen molar-refractivity contribution >= 4 is 17.3 Å². The first-order valence-corrected chi connectivity index (χ1v) is 10.6. The maximum Gasteiger partial charge on any atom is 0.252 e. The molecule has 1 atom stereocenters. The van der Waals surface area contributed by atoms with E-state index in [2.05, 4.69) is 33.7 Å². The van der Waals surface area contributed by atoms with Gasteiger partial charge in [-0.1, -0.05) is 25.3 Å². The molecule has 0 amide bonds. The lowest BCUT2D eigenvalue weighted by Gasteiger charge is -2.39. The van der Waals surface area contributed by atoms with Gasteiger partial charge in [0.05, 0.1) is 11.4 Å². The van der Waals surface area contributed by atoms with Crippen molar-refractivity contribution in [2.24, 2.45) is 5.73 Å². The second kappa shape index (κ2) is 8.63. The molecule has 2 aliphatic rings. The first kappa shape index (κ1) is 21.2. The number of nitrogens with zero attached hydrogens (tertiary/aromatic N) is 3. The molecule has 31 heavy (non-hydrogen) atoms. The van der Waals surface area contributed by atoms with Gasteiger partial charge in [0.15, 0.2) is 0 Å². The molecule has 1 fully saturated rings. The summed E-state index contributed by atoms with van der Waals surface area (Å²) < 4.78 is 26.4. The van der Waals surface area contributed by atoms with E-state index in [-0.39, 0.29) is 24.9 Å². The summed E-state index contributed by atoms with van der Waals surface area (Å²) in [6, 6.07) is 9.42. The van der Waals surface area contributed by atoms with Crippen LogP contribution in [-0.2, 0) is 6.42 Å². The second-order valence-electron chi connectivity index (χ2n) is 8.19. The standard InChI is InChI=1S/C23H28F2N6/c1-15(28-18-13-23(24,25)14-18)20-9-7-17-6-8-19(10-11-26)31(22(17)30-20)16(2)29-21-5-3-4-12-27-21/h3-5,7,9,12,18-19,28H,1-2,6,8,10-11,13-14,26H2,(H,27,29)/t19-/m1/s1. The van der Waals surface area contributed by atoms with Crippen LogP contribution in [0.3, 0.4) is 0 Å². The largest absolute Gasteiger partial charge is 0.381 e. The number of aromatic nitrogens is 2. The minimum atomic E-state index is -2.58. The monoisotopic (exact) mass is 426 g/mol. The molecule has 0 bridgehead atoms. The predicted octanol–water partition coefficient (Wildman–Crippen LogP) is 3.89. The summed E-state index contributed by atoms with van der Waals surface area (Å²) in [5, 5.41) is 6.36. The van der Waals surface area contributed by atoms with E-state index in [0.29, 0.717) is 29.6 Å². The minimum absolute atomic E-state index is 0.149. The Morgan fingerprint density at radius 3 is 2.71 bits per heavy atom. The summed E-state index contributed by atoms with van der Waals surface area (Å²) >= 11 is 0. The molecule has 1 aliphatic carbocycles. The summed E-state index contributed by atoms with van der Waals surface area (Å²) in [7, 11) is 0. The van der Waals surface area contributed by atoms with E-state index in [1.807, 2.05) is 30.3 Å². The normalized spacial score (nSPS) is 19.8. The maximum absolute atomic E-state index is 13.2. The maximum atomic E-state index is 13.2. The number of alkyl halides is 2. The first-order chi connectivity index (χ1) is 14.9. The molecular formula is C23H28F2N6. The van der Waals surface area contributed by atoms with Crippen molar-refractivity contribution in [1.29, 1.82) is 0 Å². The zero-order valence-corrected chi connectivity index (χ0v) is 17.5. The molecule has 4 rings (SSSR count). The van der Waals surface area contributed by atoms with E-state index >= 15 is 0 Å². The first-order valence-electron chi connectivity index (χ1n) is 10.6. The van der Waals surface area contributed by atoms with Crippen molar-refractivity contribution in [1.82, 2.24) is 15.3 Å². The van der Waals surface area contributed by atoms with Gasteiger partial charge >= 0.3 is 0 Å². The van der Waals surface area contributed by atoms with E-state index < -0.39 is 5.92 Å². The van der Waals surface area contributed by atoms with Crippen molar-refractivity contribution in [2.75, 3.05) is 16.8 Å². The van der Waals surface area contributed by atoms with Crippen LogP contribution in [0, 0.1) is 0 Å². The summed E-state index contributed by atoms with van der Waals surface area (Å²) in [6.45, 7) is 8.82. The third-order valence-corrected chi connectivity index (χ3v) is 5.80. The number of nitrogens with two attached hydrogens (primary N) is 1. The van der Waals surface area contributed by atoms with Crippen LogP contribution in [0.5, 0.6) is 0 Å². The Bertz CT molecular complexity index is 954. The summed E-state index contributed by atoms with van der Waals surface area (Å²) in [5.74, 6) is -0.431. The van der Waals surface area contributed by atoms with Crippen molar-refractivity contribution in [2.45, 2.75) is 50.1 Å². The van der Waals surface area contributed by atoms with Crippen LogP contribution in [0.2, 0.25) is 0 Å². The summed E-state index contributed by atoms with van der Waals surface area (Å²) in [5.41, 5.74) is 8.16. The molecule has 0 aromatic carbocycles. The Morgan fingerprint density at radius 2 is 2.03 bits per heavy atom. The van der Waals surface area contributed by atoms with Gasteiger partial charge in [0.1, 0.15) is 17.5 Å². The molecule has 0 spiro atoms. The van der Waals surface area contributed by atoms with Gasteiger partial charge in [-0.2, -0.15) is 0 Å². The lowest BCUT2D eigenvalue weighted by atomic mass is 9.88. The molecule has 0 radical (unpaired) electrons. The van der Waals surface area contributed by atoms with E-state index in [9.17, 15) is 8.78 Å². The zero-order valence-electron chi connectivity index (χ0n) is 17.5. The van der Waals surface area contributed by atoms with Crippen molar-refractivity contribution in [3.8, 4) is 0 Å². The highest BCUT2D eigenvalue weighted by molar-refractivity contribution is 5.65. The van der Waals surface area contributed by atoms with Gasteiger partial charge in [-0.25, -0.2) is 18.7 Å². The molecule has 3 heterocycles. The van der Waals surface area contributed by atoms with Crippen molar-refractivity contribution < 1.29 is 8.78 Å². The van der Waals surface area contributed by atoms with Crippen molar-refractivity contribution in [3.63, 3.8) is 0 Å². The molecule has 4 N–H and O–H groups in total. The quantitative estimate of drug-likeness (QED) is 0.594. The highest BCUT2D eigenvalue weighted by Gasteiger charge is 2.45. The molecule has 1 saturated carbocycles. The smallest absolute Gasteiger partial charge is 0.252 e. The molecule has 6 nitrogen and oxygen atoms in total. The lowest BCUT2D eigenvalue weighted by Crippen LogP contribution is -2.47. The molecule has 0 unspecified atom stereocenters. The van der Waals surface area contributed by atoms with Crippen LogP contribution < -0.4 is 21.3 Å². The second-order valence-corrected chi connectivity index (χ2v) is 8.19. The third kappa shape index (κ3) is 4.69. The molecule has 8 heteroatoms. The Labute approximate surface area is 181 Å². The minimum Gasteiger partial charge on any atom is -0.381 e. The number of hydrogen-bond acceptors (Lipinski definition) is 6. The fraction of sp³-hybridized carbons (Fsp3) is 0.391. The predicted molar refractivity (Wildman–Crippen MR) is 120 cm³/mol. The number of pyridine rings is 2. The van der Waals surface area contributed by atoms with Crippen LogP contribution in [0.25, 0.3) is 5.70 Å². The molecule has 2 aromatic heterocycles. The number of anilines is 2. The van der Waals surface area contributed by atoms with Crippen LogP contribution in [0.4, 0.5) is 20.4 Å². The molecule has 1 aliphatic heterocycles. The van der Waals surface area contributed by atoms with Gasteiger partial charge < -0.3 is 21.3 Å². The average Bonchev–Trinajstić information content (AvgIpc) is 2.72. The fourth-order valence-electron chi connectivity index (χ4n) is 4.22. The van der Waals surface area contributed by atoms with E-state index in [4.69, 9.17) is 10.7 Å². The van der Waals surface area contributed by atoms with Gasteiger partial charge in [0.25, 0.3) is 5.92 Å².